The van der Waals surface area contributed by atoms with E-state index < -0.39 is 15.6 Å². The molecule has 1 aromatic carbocycles. The van der Waals surface area contributed by atoms with E-state index in [0.717, 1.165) is 0 Å². The van der Waals surface area contributed by atoms with Crippen LogP contribution in [0.2, 0.25) is 5.02 Å². The van der Waals surface area contributed by atoms with Crippen molar-refractivity contribution >= 4 is 38.6 Å². The third-order valence-electron chi connectivity index (χ3n) is 4.48. The molecule has 0 radical (unpaired) electrons. The van der Waals surface area contributed by atoms with E-state index in [1.807, 2.05) is 0 Å². The zero-order valence-corrected chi connectivity index (χ0v) is 17.7. The number of anilines is 2. The van der Waals surface area contributed by atoms with Gasteiger partial charge in [-0.15, -0.1) is 0 Å². The van der Waals surface area contributed by atoms with Gasteiger partial charge in [0, 0.05) is 23.5 Å². The zero-order valence-electron chi connectivity index (χ0n) is 16.1. The number of rotatable bonds is 5. The van der Waals surface area contributed by atoms with E-state index in [1.54, 1.807) is 36.5 Å². The van der Waals surface area contributed by atoms with Crippen molar-refractivity contribution in [3.63, 3.8) is 0 Å². The normalized spacial score (nSPS) is 11.4. The van der Waals surface area contributed by atoms with Gasteiger partial charge < -0.3 is 10.5 Å². The molecular weight excluding hydrogens is 442 g/mol. The molecule has 0 aliphatic rings. The number of nitrogens with two attached hydrogens (primary N) is 1. The fourth-order valence-corrected chi connectivity index (χ4v) is 4.54. The Balaban J connectivity index is 1.80. The van der Waals surface area contributed by atoms with Gasteiger partial charge in [0.25, 0.3) is 15.6 Å². The SMILES string of the molecule is COc1ncc(-c2ccc3ncc(N)c(=O)n3c2)cc1NS(=O)(=O)c1ccccc1Cl. The largest absolute Gasteiger partial charge is 0.480 e. The van der Waals surface area contributed by atoms with Crippen molar-refractivity contribution in [3.8, 4) is 17.0 Å². The summed E-state index contributed by atoms with van der Waals surface area (Å²) in [5.41, 5.74) is 6.92. The molecule has 158 valence electrons. The minimum absolute atomic E-state index is 0.00990. The van der Waals surface area contributed by atoms with Gasteiger partial charge in [-0.3, -0.25) is 13.9 Å². The van der Waals surface area contributed by atoms with Crippen molar-refractivity contribution in [1.82, 2.24) is 14.4 Å². The molecule has 3 heterocycles. The van der Waals surface area contributed by atoms with Gasteiger partial charge in [0.2, 0.25) is 5.88 Å². The molecule has 9 nitrogen and oxygen atoms in total. The first kappa shape index (κ1) is 20.6. The fourth-order valence-electron chi connectivity index (χ4n) is 2.97. The molecule has 0 unspecified atom stereocenters. The molecule has 31 heavy (non-hydrogen) atoms. The summed E-state index contributed by atoms with van der Waals surface area (Å²) in [5, 5.41) is 0.0806. The Kier molecular flexibility index (Phi) is 5.25. The Morgan fingerprint density at radius 1 is 1.10 bits per heavy atom. The first-order valence-electron chi connectivity index (χ1n) is 8.89. The maximum absolute atomic E-state index is 12.8. The zero-order chi connectivity index (χ0) is 22.2. The number of methoxy groups -OCH3 is 1. The van der Waals surface area contributed by atoms with E-state index in [4.69, 9.17) is 22.1 Å². The number of halogens is 1. The van der Waals surface area contributed by atoms with Crippen LogP contribution in [0, 0.1) is 0 Å². The first-order chi connectivity index (χ1) is 14.8. The van der Waals surface area contributed by atoms with Crippen molar-refractivity contribution in [3.05, 3.63) is 76.4 Å². The number of ether oxygens (including phenoxy) is 1. The summed E-state index contributed by atoms with van der Waals surface area (Å²) in [7, 11) is -2.63. The van der Waals surface area contributed by atoms with Crippen molar-refractivity contribution < 1.29 is 13.2 Å². The predicted molar refractivity (Wildman–Crippen MR) is 118 cm³/mol. The number of nitrogen functional groups attached to an aromatic ring is 1. The van der Waals surface area contributed by atoms with Crippen LogP contribution >= 0.6 is 11.6 Å². The highest BCUT2D eigenvalue weighted by Gasteiger charge is 2.20. The molecular formula is C20H16ClN5O4S. The van der Waals surface area contributed by atoms with Crippen LogP contribution in [-0.2, 0) is 10.0 Å². The standard InChI is InChI=1S/C20H16ClN5O4S/c1-30-19-16(25-31(28,29)17-5-3-2-4-14(17)21)8-13(9-24-19)12-6-7-18-23-10-15(22)20(27)26(18)11-12/h2-11,25H,22H2,1H3. The topological polar surface area (TPSA) is 129 Å². The van der Waals surface area contributed by atoms with Crippen LogP contribution in [-0.4, -0.2) is 29.9 Å². The van der Waals surface area contributed by atoms with Gasteiger partial charge in [0.1, 0.15) is 21.9 Å². The van der Waals surface area contributed by atoms with Crippen LogP contribution in [0.4, 0.5) is 11.4 Å². The summed E-state index contributed by atoms with van der Waals surface area (Å²) in [6.07, 6.45) is 4.35. The quantitative estimate of drug-likeness (QED) is 0.471. The highest BCUT2D eigenvalue weighted by molar-refractivity contribution is 7.92. The number of nitrogens with one attached hydrogen (secondary N) is 1. The minimum atomic E-state index is -4.01. The molecule has 0 spiro atoms. The molecule has 4 rings (SSSR count). The number of aromatic nitrogens is 3. The molecule has 0 aliphatic heterocycles. The molecule has 11 heteroatoms. The van der Waals surface area contributed by atoms with Crippen molar-refractivity contribution in [2.45, 2.75) is 4.90 Å². The van der Waals surface area contributed by atoms with Gasteiger partial charge in [0.15, 0.2) is 0 Å². The van der Waals surface area contributed by atoms with Gasteiger partial charge in [-0.1, -0.05) is 23.7 Å². The molecule has 0 fully saturated rings. The molecule has 0 saturated heterocycles. The van der Waals surface area contributed by atoms with Gasteiger partial charge in [0.05, 0.1) is 18.3 Å². The van der Waals surface area contributed by atoms with Crippen LogP contribution in [0.25, 0.3) is 16.8 Å². The fraction of sp³-hybridized carbons (Fsp3) is 0.0500. The molecule has 0 aliphatic carbocycles. The molecule has 0 bridgehead atoms. The highest BCUT2D eigenvalue weighted by atomic mass is 35.5. The summed E-state index contributed by atoms with van der Waals surface area (Å²) in [6, 6.07) is 11.0. The summed E-state index contributed by atoms with van der Waals surface area (Å²) < 4.78 is 34.7. The number of hydrogen-bond acceptors (Lipinski definition) is 7. The van der Waals surface area contributed by atoms with Crippen molar-refractivity contribution in [2.24, 2.45) is 0 Å². The van der Waals surface area contributed by atoms with Crippen LogP contribution in [0.1, 0.15) is 0 Å². The van der Waals surface area contributed by atoms with Crippen LogP contribution < -0.4 is 20.8 Å². The monoisotopic (exact) mass is 457 g/mol. The van der Waals surface area contributed by atoms with E-state index in [9.17, 15) is 13.2 Å². The second-order valence-electron chi connectivity index (χ2n) is 6.48. The van der Waals surface area contributed by atoms with Crippen LogP contribution in [0.3, 0.4) is 0 Å². The first-order valence-corrected chi connectivity index (χ1v) is 10.7. The van der Waals surface area contributed by atoms with Crippen LogP contribution in [0.15, 0.2) is 70.7 Å². The highest BCUT2D eigenvalue weighted by Crippen LogP contribution is 2.31. The Hall–Kier alpha value is -3.63. The van der Waals surface area contributed by atoms with Crippen molar-refractivity contribution in [2.75, 3.05) is 17.6 Å². The van der Waals surface area contributed by atoms with E-state index >= 15 is 0 Å². The number of benzene rings is 1. The maximum Gasteiger partial charge on any atom is 0.281 e. The Morgan fingerprint density at radius 3 is 2.61 bits per heavy atom. The van der Waals surface area contributed by atoms with E-state index in [-0.39, 0.29) is 27.2 Å². The summed E-state index contributed by atoms with van der Waals surface area (Å²) >= 11 is 6.04. The summed E-state index contributed by atoms with van der Waals surface area (Å²) in [5.74, 6) is 0.0724. The molecule has 0 saturated carbocycles. The van der Waals surface area contributed by atoms with Gasteiger partial charge in [-0.05, 0) is 30.3 Å². The lowest BCUT2D eigenvalue weighted by atomic mass is 10.1. The van der Waals surface area contributed by atoms with Gasteiger partial charge >= 0.3 is 0 Å². The third-order valence-corrected chi connectivity index (χ3v) is 6.34. The number of nitrogens with zero attached hydrogens (tertiary/aromatic N) is 3. The summed E-state index contributed by atoms with van der Waals surface area (Å²) in [4.78, 5) is 20.5. The number of sulfonamides is 1. The van der Waals surface area contributed by atoms with Gasteiger partial charge in [-0.25, -0.2) is 18.4 Å². The Labute approximate surface area is 182 Å². The Morgan fingerprint density at radius 2 is 1.87 bits per heavy atom. The second-order valence-corrected chi connectivity index (χ2v) is 8.54. The molecule has 3 N–H and O–H groups in total. The average molecular weight is 458 g/mol. The van der Waals surface area contributed by atoms with Crippen LogP contribution in [0.5, 0.6) is 5.88 Å². The lowest BCUT2D eigenvalue weighted by molar-refractivity contribution is 0.400. The minimum Gasteiger partial charge on any atom is -0.480 e. The second kappa shape index (κ2) is 7.89. The molecule has 3 aromatic heterocycles. The number of pyridine rings is 2. The number of fused-ring (bicyclic) bond motifs is 1. The number of hydrogen-bond donors (Lipinski definition) is 2. The Bertz CT molecular complexity index is 1470. The van der Waals surface area contributed by atoms with E-state index in [1.165, 1.54) is 36.0 Å². The molecule has 4 aromatic rings. The smallest absolute Gasteiger partial charge is 0.281 e. The molecule has 0 amide bonds. The lowest BCUT2D eigenvalue weighted by Crippen LogP contribution is -2.18. The third kappa shape index (κ3) is 3.90. The predicted octanol–water partition coefficient (Wildman–Crippen LogP) is 2.80. The van der Waals surface area contributed by atoms with Gasteiger partial charge in [-0.2, -0.15) is 0 Å². The average Bonchev–Trinajstić information content (AvgIpc) is 2.76. The lowest BCUT2D eigenvalue weighted by Gasteiger charge is -2.13. The maximum atomic E-state index is 12.8. The van der Waals surface area contributed by atoms with E-state index in [0.29, 0.717) is 16.8 Å². The van der Waals surface area contributed by atoms with E-state index in [2.05, 4.69) is 14.7 Å². The van der Waals surface area contributed by atoms with Crippen molar-refractivity contribution in [1.29, 1.82) is 0 Å². The molecule has 0 atom stereocenters. The summed E-state index contributed by atoms with van der Waals surface area (Å²) in [6.45, 7) is 0.